The van der Waals surface area contributed by atoms with Crippen LogP contribution in [0.25, 0.3) is 27.9 Å². The van der Waals surface area contributed by atoms with E-state index in [0.29, 0.717) is 16.7 Å². The van der Waals surface area contributed by atoms with Gasteiger partial charge in [-0.1, -0.05) is 29.8 Å². The summed E-state index contributed by atoms with van der Waals surface area (Å²) >= 11 is 0. The molecule has 2 aromatic carbocycles. The Labute approximate surface area is 168 Å². The zero-order valence-electron chi connectivity index (χ0n) is 16.5. The average Bonchev–Trinajstić information content (AvgIpc) is 2.98. The van der Waals surface area contributed by atoms with Gasteiger partial charge in [-0.2, -0.15) is 0 Å². The van der Waals surface area contributed by atoms with E-state index in [1.165, 1.54) is 0 Å². The molecule has 2 heterocycles. The highest BCUT2D eigenvalue weighted by Gasteiger charge is 2.27. The first-order chi connectivity index (χ1) is 14.0. The Morgan fingerprint density at radius 2 is 1.76 bits per heavy atom. The molecule has 4 aromatic rings. The molecule has 0 aliphatic carbocycles. The number of hydrogen-bond donors (Lipinski definition) is 1. The minimum atomic E-state index is -0.549. The van der Waals surface area contributed by atoms with Crippen molar-refractivity contribution in [3.63, 3.8) is 0 Å². The summed E-state index contributed by atoms with van der Waals surface area (Å²) in [7, 11) is 1.56. The zero-order valence-corrected chi connectivity index (χ0v) is 16.5. The maximum atomic E-state index is 13.0. The highest BCUT2D eigenvalue weighted by atomic mass is 16.6. The Balaban J connectivity index is 1.96. The minimum Gasteiger partial charge on any atom is -0.456 e. The lowest BCUT2D eigenvalue weighted by molar-refractivity contribution is 0.0123. The summed E-state index contributed by atoms with van der Waals surface area (Å²) in [5.41, 5.74) is 10.9. The van der Waals surface area contributed by atoms with Gasteiger partial charge in [0.25, 0.3) is 0 Å². The molecule has 7 nitrogen and oxygen atoms in total. The molecular formula is C22H22N4O3. The fourth-order valence-corrected chi connectivity index (χ4v) is 3.33. The van der Waals surface area contributed by atoms with E-state index in [9.17, 15) is 4.79 Å². The Kier molecular flexibility index (Phi) is 4.90. The molecule has 29 heavy (non-hydrogen) atoms. The molecule has 0 amide bonds. The molecule has 1 atom stereocenters. The highest BCUT2D eigenvalue weighted by molar-refractivity contribution is 6.09. The summed E-state index contributed by atoms with van der Waals surface area (Å²) in [5, 5.41) is 0. The fourth-order valence-electron chi connectivity index (χ4n) is 3.33. The van der Waals surface area contributed by atoms with Crippen LogP contribution in [0.2, 0.25) is 0 Å². The molecule has 4 rings (SSSR count). The van der Waals surface area contributed by atoms with Crippen LogP contribution in [0.3, 0.4) is 0 Å². The van der Waals surface area contributed by atoms with Gasteiger partial charge in [0.2, 0.25) is 0 Å². The van der Waals surface area contributed by atoms with Crippen molar-refractivity contribution in [2.45, 2.75) is 20.0 Å². The fraction of sp³-hybridized carbons (Fsp3) is 0.227. The van der Waals surface area contributed by atoms with Gasteiger partial charge in [-0.05, 0) is 38.1 Å². The van der Waals surface area contributed by atoms with Crippen LogP contribution in [-0.4, -0.2) is 40.3 Å². The number of aromatic nitrogens is 3. The van der Waals surface area contributed by atoms with E-state index in [1.54, 1.807) is 18.6 Å². The number of esters is 1. The van der Waals surface area contributed by atoms with Crippen LogP contribution in [0.1, 0.15) is 22.8 Å². The van der Waals surface area contributed by atoms with Crippen molar-refractivity contribution >= 4 is 34.0 Å². The number of methoxy groups -OCH3 is 1. The van der Waals surface area contributed by atoms with Gasteiger partial charge in [-0.25, -0.2) is 14.8 Å². The van der Waals surface area contributed by atoms with E-state index in [2.05, 4.69) is 4.98 Å². The highest BCUT2D eigenvalue weighted by Crippen LogP contribution is 2.31. The third-order valence-corrected chi connectivity index (χ3v) is 4.70. The maximum Gasteiger partial charge on any atom is 0.344 e. The first-order valence-corrected chi connectivity index (χ1v) is 9.33. The molecule has 0 saturated carbocycles. The van der Waals surface area contributed by atoms with Crippen molar-refractivity contribution in [3.8, 4) is 5.69 Å². The van der Waals surface area contributed by atoms with E-state index < -0.39 is 12.1 Å². The van der Waals surface area contributed by atoms with Gasteiger partial charge in [0.15, 0.2) is 5.65 Å². The largest absolute Gasteiger partial charge is 0.456 e. The van der Waals surface area contributed by atoms with E-state index in [1.807, 2.05) is 55.5 Å². The van der Waals surface area contributed by atoms with E-state index in [4.69, 9.17) is 20.2 Å². The summed E-state index contributed by atoms with van der Waals surface area (Å²) in [5.74, 6) is -0.304. The van der Waals surface area contributed by atoms with E-state index in [0.717, 1.165) is 16.8 Å². The number of para-hydroxylation sites is 2. The van der Waals surface area contributed by atoms with E-state index in [-0.39, 0.29) is 18.0 Å². The molecule has 0 spiro atoms. The SMILES string of the molecule is COC[C@H](C)OC(=O)c1c(N)n(-c2ccc(C)cc2)c2nc3ccccc3nc12. The lowest BCUT2D eigenvalue weighted by Crippen LogP contribution is -2.20. The number of rotatable bonds is 5. The van der Waals surface area contributed by atoms with E-state index >= 15 is 0 Å². The number of nitrogens with zero attached hydrogens (tertiary/aromatic N) is 3. The summed E-state index contributed by atoms with van der Waals surface area (Å²) in [6.45, 7) is 4.06. The van der Waals surface area contributed by atoms with Gasteiger partial charge < -0.3 is 15.2 Å². The molecule has 7 heteroatoms. The number of aryl methyl sites for hydroxylation is 1. The second-order valence-electron chi connectivity index (χ2n) is 6.99. The van der Waals surface area contributed by atoms with Crippen LogP contribution in [-0.2, 0) is 9.47 Å². The topological polar surface area (TPSA) is 92.3 Å². The van der Waals surface area contributed by atoms with Crippen molar-refractivity contribution in [1.82, 2.24) is 14.5 Å². The number of nitrogens with two attached hydrogens (primary N) is 1. The number of carbonyl (C=O) groups is 1. The third-order valence-electron chi connectivity index (χ3n) is 4.70. The predicted octanol–water partition coefficient (Wildman–Crippen LogP) is 3.66. The summed E-state index contributed by atoms with van der Waals surface area (Å²) in [6, 6.07) is 15.3. The summed E-state index contributed by atoms with van der Waals surface area (Å²) in [6.07, 6.45) is -0.418. The van der Waals surface area contributed by atoms with Gasteiger partial charge in [-0.3, -0.25) is 4.57 Å². The van der Waals surface area contributed by atoms with Crippen LogP contribution in [0.4, 0.5) is 5.82 Å². The lowest BCUT2D eigenvalue weighted by atomic mass is 10.2. The predicted molar refractivity (Wildman–Crippen MR) is 112 cm³/mol. The Bertz CT molecular complexity index is 1200. The normalized spacial score (nSPS) is 12.4. The van der Waals surface area contributed by atoms with Gasteiger partial charge in [0.1, 0.15) is 23.0 Å². The molecule has 2 N–H and O–H groups in total. The monoisotopic (exact) mass is 390 g/mol. The Morgan fingerprint density at radius 1 is 1.10 bits per heavy atom. The quantitative estimate of drug-likeness (QED) is 0.523. The number of hydrogen-bond acceptors (Lipinski definition) is 6. The first-order valence-electron chi connectivity index (χ1n) is 9.33. The van der Waals surface area contributed by atoms with Gasteiger partial charge in [-0.15, -0.1) is 0 Å². The molecule has 0 fully saturated rings. The van der Waals surface area contributed by atoms with Crippen molar-refractivity contribution in [1.29, 1.82) is 0 Å². The van der Waals surface area contributed by atoms with Crippen LogP contribution < -0.4 is 5.73 Å². The number of anilines is 1. The van der Waals surface area contributed by atoms with Gasteiger partial charge in [0, 0.05) is 12.8 Å². The molecule has 0 aliphatic heterocycles. The van der Waals surface area contributed by atoms with Crippen molar-refractivity contribution in [3.05, 3.63) is 59.7 Å². The molecule has 2 aromatic heterocycles. The molecule has 148 valence electrons. The number of fused-ring (bicyclic) bond motifs is 2. The summed E-state index contributed by atoms with van der Waals surface area (Å²) < 4.78 is 12.3. The Hall–Kier alpha value is -3.45. The first kappa shape index (κ1) is 18.9. The van der Waals surface area contributed by atoms with Crippen LogP contribution >= 0.6 is 0 Å². The molecule has 0 aliphatic rings. The zero-order chi connectivity index (χ0) is 20.5. The van der Waals surface area contributed by atoms with Crippen LogP contribution in [0, 0.1) is 6.92 Å². The standard InChI is InChI=1S/C22H22N4O3/c1-13-8-10-15(11-9-13)26-20(23)18(22(27)29-14(2)12-28-3)19-21(26)25-17-7-5-4-6-16(17)24-19/h4-11,14H,12,23H2,1-3H3/t14-/m0/s1. The number of nitrogen functional groups attached to an aromatic ring is 1. The molecule has 0 bridgehead atoms. The molecule has 0 unspecified atom stereocenters. The second-order valence-corrected chi connectivity index (χ2v) is 6.99. The van der Waals surface area contributed by atoms with Gasteiger partial charge >= 0.3 is 5.97 Å². The summed E-state index contributed by atoms with van der Waals surface area (Å²) in [4.78, 5) is 22.4. The smallest absolute Gasteiger partial charge is 0.344 e. The third kappa shape index (κ3) is 3.40. The van der Waals surface area contributed by atoms with Crippen molar-refractivity contribution in [2.75, 3.05) is 19.5 Å². The second kappa shape index (κ2) is 7.52. The molecule has 0 radical (unpaired) electrons. The number of carbonyl (C=O) groups excluding carboxylic acids is 1. The minimum absolute atomic E-state index is 0.210. The number of benzene rings is 2. The number of ether oxygens (including phenoxy) is 2. The molecular weight excluding hydrogens is 368 g/mol. The Morgan fingerprint density at radius 3 is 2.41 bits per heavy atom. The van der Waals surface area contributed by atoms with Crippen LogP contribution in [0.15, 0.2) is 48.5 Å². The average molecular weight is 390 g/mol. The van der Waals surface area contributed by atoms with Crippen molar-refractivity contribution < 1.29 is 14.3 Å². The van der Waals surface area contributed by atoms with Crippen LogP contribution in [0.5, 0.6) is 0 Å². The lowest BCUT2D eigenvalue weighted by Gasteiger charge is -2.12. The van der Waals surface area contributed by atoms with Gasteiger partial charge in [0.05, 0.1) is 17.6 Å². The molecule has 0 saturated heterocycles. The van der Waals surface area contributed by atoms with Crippen molar-refractivity contribution in [2.24, 2.45) is 0 Å². The maximum absolute atomic E-state index is 13.0.